The van der Waals surface area contributed by atoms with Crippen LogP contribution in [0.25, 0.3) is 0 Å². The van der Waals surface area contributed by atoms with Gasteiger partial charge in [-0.3, -0.25) is 4.79 Å². The van der Waals surface area contributed by atoms with Gasteiger partial charge in [0.2, 0.25) is 5.91 Å². The minimum Gasteiger partial charge on any atom is -0.368 e. The minimum absolute atomic E-state index is 0.233. The van der Waals surface area contributed by atoms with Gasteiger partial charge in [0.15, 0.2) is 0 Å². The maximum Gasteiger partial charge on any atom is 0.237 e. The van der Waals surface area contributed by atoms with Crippen molar-refractivity contribution >= 4 is 5.91 Å². The molecular formula is C13H27N3O. The zero-order valence-electron chi connectivity index (χ0n) is 11.6. The van der Waals surface area contributed by atoms with Gasteiger partial charge in [0.25, 0.3) is 0 Å². The summed E-state index contributed by atoms with van der Waals surface area (Å²) in [5.41, 5.74) is 4.99. The lowest BCUT2D eigenvalue weighted by atomic mass is 9.91. The normalized spacial score (nSPS) is 21.2. The molecule has 0 bridgehead atoms. The maximum absolute atomic E-state index is 11.7. The lowest BCUT2D eigenvalue weighted by Crippen LogP contribution is -2.57. The average Bonchev–Trinajstić information content (AvgIpc) is 3.02. The first-order valence-corrected chi connectivity index (χ1v) is 6.74. The highest BCUT2D eigenvalue weighted by Gasteiger charge is 2.38. The van der Waals surface area contributed by atoms with E-state index < -0.39 is 5.54 Å². The summed E-state index contributed by atoms with van der Waals surface area (Å²) in [6.07, 6.45) is 3.12. The lowest BCUT2D eigenvalue weighted by Gasteiger charge is -2.35. The summed E-state index contributed by atoms with van der Waals surface area (Å²) in [5.74, 6) is -0.233. The Balaban J connectivity index is 2.61. The second kappa shape index (κ2) is 5.83. The Morgan fingerprint density at radius 2 is 2.00 bits per heavy atom. The first-order valence-electron chi connectivity index (χ1n) is 6.74. The van der Waals surface area contributed by atoms with Crippen molar-refractivity contribution in [1.29, 1.82) is 0 Å². The van der Waals surface area contributed by atoms with Crippen molar-refractivity contribution in [1.82, 2.24) is 10.2 Å². The third kappa shape index (κ3) is 3.96. The van der Waals surface area contributed by atoms with Crippen molar-refractivity contribution in [3.63, 3.8) is 0 Å². The van der Waals surface area contributed by atoms with Gasteiger partial charge in [-0.25, -0.2) is 0 Å². The summed E-state index contributed by atoms with van der Waals surface area (Å²) in [6, 6.07) is 0.866. The average molecular weight is 241 g/mol. The van der Waals surface area contributed by atoms with E-state index in [2.05, 4.69) is 31.0 Å². The molecule has 0 heterocycles. The number of nitrogens with one attached hydrogen (secondary N) is 1. The summed E-state index contributed by atoms with van der Waals surface area (Å²) in [4.78, 5) is 14.0. The molecule has 1 fully saturated rings. The maximum atomic E-state index is 11.7. The standard InChI is InChI=1S/C13H27N3O/c1-5-16(6-2)10(3)9-13(4,12(14)17)15-11-7-8-11/h10-11,15H,5-9H2,1-4H3,(H2,14,17). The fraction of sp³-hybridized carbons (Fsp3) is 0.923. The monoisotopic (exact) mass is 241 g/mol. The smallest absolute Gasteiger partial charge is 0.237 e. The molecule has 0 spiro atoms. The van der Waals surface area contributed by atoms with Crippen LogP contribution in [0.4, 0.5) is 0 Å². The molecule has 100 valence electrons. The number of rotatable bonds is 8. The van der Waals surface area contributed by atoms with Crippen molar-refractivity contribution in [2.45, 2.75) is 64.6 Å². The molecule has 3 N–H and O–H groups in total. The molecule has 4 heteroatoms. The van der Waals surface area contributed by atoms with E-state index in [9.17, 15) is 4.79 Å². The van der Waals surface area contributed by atoms with Crippen LogP contribution in [0.15, 0.2) is 0 Å². The molecule has 0 aromatic rings. The molecule has 0 aliphatic heterocycles. The van der Waals surface area contributed by atoms with Crippen molar-refractivity contribution < 1.29 is 4.79 Å². The Labute approximate surface area is 105 Å². The van der Waals surface area contributed by atoms with Crippen LogP contribution < -0.4 is 11.1 Å². The highest BCUT2D eigenvalue weighted by Crippen LogP contribution is 2.25. The number of hydrogen-bond acceptors (Lipinski definition) is 3. The van der Waals surface area contributed by atoms with E-state index in [0.29, 0.717) is 12.1 Å². The number of nitrogens with two attached hydrogens (primary N) is 1. The molecular weight excluding hydrogens is 214 g/mol. The molecule has 0 aromatic heterocycles. The van der Waals surface area contributed by atoms with Gasteiger partial charge in [-0.15, -0.1) is 0 Å². The van der Waals surface area contributed by atoms with Crippen LogP contribution in [0.5, 0.6) is 0 Å². The Morgan fingerprint density at radius 3 is 2.35 bits per heavy atom. The first kappa shape index (κ1) is 14.5. The van der Waals surface area contributed by atoms with Gasteiger partial charge in [-0.1, -0.05) is 13.8 Å². The van der Waals surface area contributed by atoms with Gasteiger partial charge < -0.3 is 16.0 Å². The van der Waals surface area contributed by atoms with E-state index in [-0.39, 0.29) is 5.91 Å². The molecule has 4 nitrogen and oxygen atoms in total. The highest BCUT2D eigenvalue weighted by atomic mass is 16.1. The Bertz CT molecular complexity index is 261. The van der Waals surface area contributed by atoms with Crippen LogP contribution >= 0.6 is 0 Å². The predicted molar refractivity (Wildman–Crippen MR) is 70.8 cm³/mol. The Hall–Kier alpha value is -0.610. The quantitative estimate of drug-likeness (QED) is 0.669. The number of carbonyl (C=O) groups is 1. The first-order chi connectivity index (χ1) is 7.92. The summed E-state index contributed by atoms with van der Waals surface area (Å²) >= 11 is 0. The zero-order valence-corrected chi connectivity index (χ0v) is 11.6. The topological polar surface area (TPSA) is 58.4 Å². The molecule has 0 aromatic carbocycles. The van der Waals surface area contributed by atoms with Crippen LogP contribution in [-0.4, -0.2) is 41.5 Å². The second-order valence-corrected chi connectivity index (χ2v) is 5.39. The molecule has 1 aliphatic rings. The van der Waals surface area contributed by atoms with Gasteiger partial charge in [0.05, 0.1) is 5.54 Å². The van der Waals surface area contributed by atoms with Crippen molar-refractivity contribution in [2.24, 2.45) is 5.73 Å². The fourth-order valence-electron chi connectivity index (χ4n) is 2.48. The van der Waals surface area contributed by atoms with Crippen LogP contribution in [0.1, 0.15) is 47.0 Å². The van der Waals surface area contributed by atoms with Crippen LogP contribution in [0.2, 0.25) is 0 Å². The Morgan fingerprint density at radius 1 is 1.47 bits per heavy atom. The molecule has 2 unspecified atom stereocenters. The van der Waals surface area contributed by atoms with E-state index in [4.69, 9.17) is 5.73 Å². The third-order valence-corrected chi connectivity index (χ3v) is 3.78. The van der Waals surface area contributed by atoms with E-state index in [0.717, 1.165) is 19.5 Å². The number of primary amides is 1. The third-order valence-electron chi connectivity index (χ3n) is 3.78. The summed E-state index contributed by atoms with van der Waals surface area (Å²) in [5, 5.41) is 3.40. The molecule has 1 rings (SSSR count). The van der Waals surface area contributed by atoms with Crippen molar-refractivity contribution in [3.05, 3.63) is 0 Å². The van der Waals surface area contributed by atoms with E-state index in [1.54, 1.807) is 0 Å². The minimum atomic E-state index is -0.566. The summed E-state index contributed by atoms with van der Waals surface area (Å²) in [6.45, 7) is 10.4. The molecule has 2 atom stereocenters. The molecule has 17 heavy (non-hydrogen) atoms. The summed E-state index contributed by atoms with van der Waals surface area (Å²) in [7, 11) is 0. The fourth-order valence-corrected chi connectivity index (χ4v) is 2.48. The number of amides is 1. The summed E-state index contributed by atoms with van der Waals surface area (Å²) < 4.78 is 0. The lowest BCUT2D eigenvalue weighted by molar-refractivity contribution is -0.124. The number of nitrogens with zero attached hydrogens (tertiary/aromatic N) is 1. The largest absolute Gasteiger partial charge is 0.368 e. The van der Waals surface area contributed by atoms with E-state index in [1.807, 2.05) is 6.92 Å². The molecule has 0 radical (unpaired) electrons. The van der Waals surface area contributed by atoms with Gasteiger partial charge in [-0.2, -0.15) is 0 Å². The van der Waals surface area contributed by atoms with E-state index >= 15 is 0 Å². The van der Waals surface area contributed by atoms with E-state index in [1.165, 1.54) is 12.8 Å². The van der Waals surface area contributed by atoms with Crippen LogP contribution in [0, 0.1) is 0 Å². The number of hydrogen-bond donors (Lipinski definition) is 2. The highest BCUT2D eigenvalue weighted by molar-refractivity contribution is 5.84. The van der Waals surface area contributed by atoms with Gasteiger partial charge in [0, 0.05) is 12.1 Å². The molecule has 1 amide bonds. The van der Waals surface area contributed by atoms with Crippen LogP contribution in [-0.2, 0) is 4.79 Å². The zero-order chi connectivity index (χ0) is 13.1. The van der Waals surface area contributed by atoms with Crippen molar-refractivity contribution in [3.8, 4) is 0 Å². The Kier molecular flexibility index (Phi) is 4.95. The van der Waals surface area contributed by atoms with Crippen LogP contribution in [0.3, 0.4) is 0 Å². The van der Waals surface area contributed by atoms with Gasteiger partial charge >= 0.3 is 0 Å². The van der Waals surface area contributed by atoms with Gasteiger partial charge in [-0.05, 0) is 46.2 Å². The SMILES string of the molecule is CCN(CC)C(C)CC(C)(NC1CC1)C(N)=O. The molecule has 1 saturated carbocycles. The molecule has 0 saturated heterocycles. The molecule has 1 aliphatic carbocycles. The number of carbonyl (C=O) groups excluding carboxylic acids is 1. The second-order valence-electron chi connectivity index (χ2n) is 5.39. The van der Waals surface area contributed by atoms with Crippen molar-refractivity contribution in [2.75, 3.05) is 13.1 Å². The van der Waals surface area contributed by atoms with Gasteiger partial charge in [0.1, 0.15) is 0 Å². The predicted octanol–water partition coefficient (Wildman–Crippen LogP) is 1.10.